The Morgan fingerprint density at radius 2 is 1.48 bits per heavy atom. The second-order valence-corrected chi connectivity index (χ2v) is 7.72. The van der Waals surface area contributed by atoms with E-state index < -0.39 is 0 Å². The van der Waals surface area contributed by atoms with Gasteiger partial charge < -0.3 is 10.4 Å². The van der Waals surface area contributed by atoms with Gasteiger partial charge in [0.15, 0.2) is 0 Å². The molecule has 3 rings (SSSR count). The van der Waals surface area contributed by atoms with Crippen LogP contribution in [0, 0.1) is 0 Å². The van der Waals surface area contributed by atoms with Gasteiger partial charge in [-0.15, -0.1) is 0 Å². The van der Waals surface area contributed by atoms with Gasteiger partial charge in [-0.3, -0.25) is 0 Å². The minimum atomic E-state index is 0.130. The molecule has 0 atom stereocenters. The number of nitrogens with one attached hydrogen (secondary N) is 1. The standard InChI is InChI=1S/C19H25NO/c1-18(2)11-13(12-19(3,4)20-18)14-9-10-17(21)16-8-6-5-7-15(14)16/h5-10,13,20-21H,11-12H2,1-4H3. The second-order valence-electron chi connectivity index (χ2n) is 7.72. The van der Waals surface area contributed by atoms with E-state index in [4.69, 9.17) is 0 Å². The Hall–Kier alpha value is -1.54. The zero-order chi connectivity index (χ0) is 15.3. The smallest absolute Gasteiger partial charge is 0.123 e. The Balaban J connectivity index is 2.10. The summed E-state index contributed by atoms with van der Waals surface area (Å²) in [6.45, 7) is 9.13. The number of aromatic hydroxyl groups is 1. The third kappa shape index (κ3) is 2.77. The lowest BCUT2D eigenvalue weighted by atomic mass is 9.72. The first-order valence-electron chi connectivity index (χ1n) is 7.77. The monoisotopic (exact) mass is 283 g/mol. The third-order valence-electron chi connectivity index (χ3n) is 4.56. The zero-order valence-corrected chi connectivity index (χ0v) is 13.4. The molecule has 2 N–H and O–H groups in total. The van der Waals surface area contributed by atoms with Crippen LogP contribution in [0.3, 0.4) is 0 Å². The summed E-state index contributed by atoms with van der Waals surface area (Å²) in [7, 11) is 0. The van der Waals surface area contributed by atoms with Gasteiger partial charge in [0, 0.05) is 16.5 Å². The summed E-state index contributed by atoms with van der Waals surface area (Å²) in [6.07, 6.45) is 2.23. The van der Waals surface area contributed by atoms with Crippen molar-refractivity contribution in [1.82, 2.24) is 5.32 Å². The van der Waals surface area contributed by atoms with Gasteiger partial charge in [-0.2, -0.15) is 0 Å². The normalized spacial score (nSPS) is 21.5. The molecule has 1 aliphatic heterocycles. The minimum absolute atomic E-state index is 0.130. The molecule has 0 radical (unpaired) electrons. The summed E-state index contributed by atoms with van der Waals surface area (Å²) in [4.78, 5) is 0. The van der Waals surface area contributed by atoms with Crippen molar-refractivity contribution in [3.63, 3.8) is 0 Å². The fourth-order valence-corrected chi connectivity index (χ4v) is 4.20. The highest BCUT2D eigenvalue weighted by Gasteiger charge is 2.38. The number of piperidine rings is 1. The van der Waals surface area contributed by atoms with Crippen molar-refractivity contribution in [2.45, 2.75) is 57.5 Å². The summed E-state index contributed by atoms with van der Waals surface area (Å²) in [5.41, 5.74) is 1.63. The quantitative estimate of drug-likeness (QED) is 0.803. The maximum absolute atomic E-state index is 10.1. The molecule has 1 saturated heterocycles. The molecule has 2 aromatic rings. The van der Waals surface area contributed by atoms with Crippen LogP contribution in [0.25, 0.3) is 10.8 Å². The molecule has 2 heteroatoms. The largest absolute Gasteiger partial charge is 0.507 e. The van der Waals surface area contributed by atoms with E-state index in [0.717, 1.165) is 18.2 Å². The van der Waals surface area contributed by atoms with E-state index in [1.807, 2.05) is 18.2 Å². The van der Waals surface area contributed by atoms with Crippen LogP contribution in [0.5, 0.6) is 5.75 Å². The van der Waals surface area contributed by atoms with Gasteiger partial charge in [-0.05, 0) is 63.5 Å². The fourth-order valence-electron chi connectivity index (χ4n) is 4.20. The zero-order valence-electron chi connectivity index (χ0n) is 13.4. The Morgan fingerprint density at radius 1 is 0.905 bits per heavy atom. The molecule has 0 spiro atoms. The van der Waals surface area contributed by atoms with Gasteiger partial charge in [-0.25, -0.2) is 0 Å². The molecule has 21 heavy (non-hydrogen) atoms. The van der Waals surface area contributed by atoms with Crippen molar-refractivity contribution in [2.75, 3.05) is 0 Å². The van der Waals surface area contributed by atoms with Crippen LogP contribution in [-0.4, -0.2) is 16.2 Å². The molecular weight excluding hydrogens is 258 g/mol. The molecule has 2 aromatic carbocycles. The van der Waals surface area contributed by atoms with Gasteiger partial charge >= 0.3 is 0 Å². The summed E-state index contributed by atoms with van der Waals surface area (Å²) >= 11 is 0. The van der Waals surface area contributed by atoms with Crippen LogP contribution in [0.4, 0.5) is 0 Å². The van der Waals surface area contributed by atoms with E-state index in [2.05, 4.69) is 51.2 Å². The number of hydrogen-bond acceptors (Lipinski definition) is 2. The first-order valence-corrected chi connectivity index (χ1v) is 7.77. The first-order chi connectivity index (χ1) is 9.77. The van der Waals surface area contributed by atoms with Crippen molar-refractivity contribution in [2.24, 2.45) is 0 Å². The summed E-state index contributed by atoms with van der Waals surface area (Å²) in [5.74, 6) is 0.892. The summed E-state index contributed by atoms with van der Waals surface area (Å²) < 4.78 is 0. The van der Waals surface area contributed by atoms with E-state index >= 15 is 0 Å². The highest BCUT2D eigenvalue weighted by Crippen LogP contribution is 2.42. The molecule has 0 saturated carbocycles. The van der Waals surface area contributed by atoms with Gasteiger partial charge in [0.1, 0.15) is 5.75 Å². The molecule has 1 aliphatic rings. The number of benzene rings is 2. The van der Waals surface area contributed by atoms with Gasteiger partial charge in [0.2, 0.25) is 0 Å². The molecule has 2 nitrogen and oxygen atoms in total. The summed E-state index contributed by atoms with van der Waals surface area (Å²) in [6, 6.07) is 12.1. The third-order valence-corrected chi connectivity index (χ3v) is 4.56. The van der Waals surface area contributed by atoms with Crippen LogP contribution in [0.15, 0.2) is 36.4 Å². The number of fused-ring (bicyclic) bond motifs is 1. The topological polar surface area (TPSA) is 32.3 Å². The lowest BCUT2D eigenvalue weighted by Gasteiger charge is -2.47. The molecule has 112 valence electrons. The van der Waals surface area contributed by atoms with Crippen molar-refractivity contribution < 1.29 is 5.11 Å². The Labute approximate surface area is 127 Å². The van der Waals surface area contributed by atoms with Crippen LogP contribution < -0.4 is 5.32 Å². The van der Waals surface area contributed by atoms with Crippen LogP contribution in [0.2, 0.25) is 0 Å². The molecular formula is C19H25NO. The number of phenolic OH excluding ortho intramolecular Hbond substituents is 1. The Bertz CT molecular complexity index is 656. The van der Waals surface area contributed by atoms with Crippen molar-refractivity contribution in [3.05, 3.63) is 42.0 Å². The number of hydrogen-bond donors (Lipinski definition) is 2. The van der Waals surface area contributed by atoms with Gasteiger partial charge in [0.05, 0.1) is 0 Å². The van der Waals surface area contributed by atoms with Gasteiger partial charge in [-0.1, -0.05) is 30.3 Å². The van der Waals surface area contributed by atoms with Gasteiger partial charge in [0.25, 0.3) is 0 Å². The van der Waals surface area contributed by atoms with Crippen LogP contribution in [-0.2, 0) is 0 Å². The Kier molecular flexibility index (Phi) is 3.25. The molecule has 0 unspecified atom stereocenters. The average molecular weight is 283 g/mol. The molecule has 1 heterocycles. The van der Waals surface area contributed by atoms with Crippen LogP contribution in [0.1, 0.15) is 52.0 Å². The van der Waals surface area contributed by atoms with E-state index in [-0.39, 0.29) is 11.1 Å². The Morgan fingerprint density at radius 3 is 2.10 bits per heavy atom. The molecule has 0 aliphatic carbocycles. The van der Waals surface area contributed by atoms with Crippen LogP contribution >= 0.6 is 0 Å². The average Bonchev–Trinajstić information content (AvgIpc) is 2.35. The van der Waals surface area contributed by atoms with Crippen molar-refractivity contribution in [1.29, 1.82) is 0 Å². The van der Waals surface area contributed by atoms with E-state index in [1.54, 1.807) is 0 Å². The lowest BCUT2D eigenvalue weighted by Crippen LogP contribution is -2.57. The maximum atomic E-state index is 10.1. The lowest BCUT2D eigenvalue weighted by molar-refractivity contribution is 0.162. The molecule has 0 amide bonds. The van der Waals surface area contributed by atoms with Crippen molar-refractivity contribution in [3.8, 4) is 5.75 Å². The fraction of sp³-hybridized carbons (Fsp3) is 0.474. The van der Waals surface area contributed by atoms with E-state index in [1.165, 1.54) is 10.9 Å². The molecule has 1 fully saturated rings. The van der Waals surface area contributed by atoms with E-state index in [0.29, 0.717) is 11.7 Å². The highest BCUT2D eigenvalue weighted by atomic mass is 16.3. The maximum Gasteiger partial charge on any atom is 0.123 e. The minimum Gasteiger partial charge on any atom is -0.507 e. The molecule has 0 bridgehead atoms. The predicted molar refractivity (Wildman–Crippen MR) is 88.9 cm³/mol. The van der Waals surface area contributed by atoms with E-state index in [9.17, 15) is 5.11 Å². The number of rotatable bonds is 1. The molecule has 0 aromatic heterocycles. The SMILES string of the molecule is CC1(C)CC(c2ccc(O)c3ccccc23)CC(C)(C)N1. The predicted octanol–water partition coefficient (Wildman–Crippen LogP) is 4.57. The summed E-state index contributed by atoms with van der Waals surface area (Å²) in [5, 5.41) is 16.0. The first kappa shape index (κ1) is 14.4. The van der Waals surface area contributed by atoms with Crippen molar-refractivity contribution >= 4 is 10.8 Å². The number of phenols is 1. The second kappa shape index (κ2) is 4.74. The highest BCUT2D eigenvalue weighted by molar-refractivity contribution is 5.91.